The molecule has 18 heavy (non-hydrogen) atoms. The molecule has 0 bridgehead atoms. The first-order chi connectivity index (χ1) is 8.41. The average Bonchev–Trinajstić information content (AvgIpc) is 2.26. The molecule has 0 aliphatic rings. The molecule has 3 nitrogen and oxygen atoms in total. The van der Waals surface area contributed by atoms with Gasteiger partial charge in [-0.05, 0) is 38.8 Å². The third-order valence-corrected chi connectivity index (χ3v) is 3.11. The smallest absolute Gasteiger partial charge is 0.131 e. The van der Waals surface area contributed by atoms with Gasteiger partial charge in [-0.2, -0.15) is 0 Å². The summed E-state index contributed by atoms with van der Waals surface area (Å²) in [6, 6.07) is 0.562. The van der Waals surface area contributed by atoms with Crippen LogP contribution in [0.5, 0.6) is 0 Å². The lowest BCUT2D eigenvalue weighted by Gasteiger charge is -2.13. The highest BCUT2D eigenvalue weighted by molar-refractivity contribution is 5.25. The zero-order chi connectivity index (χ0) is 13.7. The maximum atomic E-state index is 4.62. The zero-order valence-corrected chi connectivity index (χ0v) is 12.7. The van der Waals surface area contributed by atoms with E-state index in [-0.39, 0.29) is 0 Å². The first-order valence-electron chi connectivity index (χ1n) is 6.99. The molecule has 0 spiro atoms. The van der Waals surface area contributed by atoms with E-state index in [1.807, 2.05) is 0 Å². The summed E-state index contributed by atoms with van der Waals surface area (Å²) in [6.07, 6.45) is 2.21. The van der Waals surface area contributed by atoms with Crippen LogP contribution in [0.15, 0.2) is 0 Å². The highest BCUT2D eigenvalue weighted by atomic mass is 14.9. The van der Waals surface area contributed by atoms with Gasteiger partial charge in [0.2, 0.25) is 0 Å². The summed E-state index contributed by atoms with van der Waals surface area (Å²) in [6.45, 7) is 13.9. The molecule has 0 radical (unpaired) electrons. The van der Waals surface area contributed by atoms with Crippen molar-refractivity contribution >= 4 is 0 Å². The van der Waals surface area contributed by atoms with Crippen molar-refractivity contribution in [2.24, 2.45) is 0 Å². The van der Waals surface area contributed by atoms with Crippen LogP contribution in [-0.4, -0.2) is 22.6 Å². The summed E-state index contributed by atoms with van der Waals surface area (Å²) in [4.78, 5) is 9.23. The zero-order valence-electron chi connectivity index (χ0n) is 12.7. The van der Waals surface area contributed by atoms with Crippen LogP contribution in [0.3, 0.4) is 0 Å². The molecular formula is C15H27N3. The molecule has 0 aliphatic carbocycles. The van der Waals surface area contributed by atoms with Gasteiger partial charge in [0.15, 0.2) is 0 Å². The molecule has 1 aromatic heterocycles. The molecule has 0 atom stereocenters. The predicted octanol–water partition coefficient (Wildman–Crippen LogP) is 3.15. The minimum absolute atomic E-state index is 0.402. The van der Waals surface area contributed by atoms with Crippen LogP contribution in [0.1, 0.15) is 62.8 Å². The van der Waals surface area contributed by atoms with E-state index in [1.54, 1.807) is 0 Å². The maximum Gasteiger partial charge on any atom is 0.131 e. The van der Waals surface area contributed by atoms with Crippen LogP contribution < -0.4 is 5.32 Å². The fraction of sp³-hybridized carbons (Fsp3) is 0.733. The summed E-state index contributed by atoms with van der Waals surface area (Å²) in [5.41, 5.74) is 3.62. The van der Waals surface area contributed by atoms with Gasteiger partial charge >= 0.3 is 0 Å². The molecule has 1 rings (SSSR count). The Bertz CT molecular complexity index is 360. The molecule has 1 aromatic rings. The summed E-state index contributed by atoms with van der Waals surface area (Å²) >= 11 is 0. The number of nitrogens with zero attached hydrogens (tertiary/aromatic N) is 2. The highest BCUT2D eigenvalue weighted by Crippen LogP contribution is 2.16. The number of aromatic nitrogens is 2. The fourth-order valence-electron chi connectivity index (χ4n) is 2.04. The Balaban J connectivity index is 2.66. The molecule has 3 heteroatoms. The molecule has 1 N–H and O–H groups in total. The number of rotatable bonds is 6. The largest absolute Gasteiger partial charge is 0.315 e. The van der Waals surface area contributed by atoms with Crippen molar-refractivity contribution in [3.8, 4) is 0 Å². The molecule has 102 valence electrons. The molecule has 0 aromatic carbocycles. The van der Waals surface area contributed by atoms with Crippen LogP contribution in [-0.2, 0) is 6.42 Å². The van der Waals surface area contributed by atoms with Gasteiger partial charge in [-0.25, -0.2) is 9.97 Å². The standard InChI is InChI=1S/C15H27N3/c1-10(2)15-17-12(5)14(13(6)18-15)8-7-9-16-11(3)4/h10-11,16H,7-9H2,1-6H3. The second-order valence-electron chi connectivity index (χ2n) is 5.60. The highest BCUT2D eigenvalue weighted by Gasteiger charge is 2.10. The lowest BCUT2D eigenvalue weighted by molar-refractivity contribution is 0.568. The van der Waals surface area contributed by atoms with Gasteiger partial charge in [0, 0.05) is 23.3 Å². The normalized spacial score (nSPS) is 11.6. The monoisotopic (exact) mass is 249 g/mol. The minimum atomic E-state index is 0.402. The third-order valence-electron chi connectivity index (χ3n) is 3.11. The molecular weight excluding hydrogens is 222 g/mol. The lowest BCUT2D eigenvalue weighted by atomic mass is 10.1. The van der Waals surface area contributed by atoms with Gasteiger partial charge < -0.3 is 5.32 Å². The Morgan fingerprint density at radius 1 is 1.00 bits per heavy atom. The van der Waals surface area contributed by atoms with Crippen molar-refractivity contribution in [1.82, 2.24) is 15.3 Å². The van der Waals surface area contributed by atoms with Gasteiger partial charge in [0.05, 0.1) is 0 Å². The maximum absolute atomic E-state index is 4.62. The Labute approximate surface area is 111 Å². The predicted molar refractivity (Wildman–Crippen MR) is 77.1 cm³/mol. The van der Waals surface area contributed by atoms with Crippen LogP contribution in [0.4, 0.5) is 0 Å². The number of hydrogen-bond acceptors (Lipinski definition) is 3. The van der Waals surface area contributed by atoms with Crippen LogP contribution >= 0.6 is 0 Å². The average molecular weight is 249 g/mol. The minimum Gasteiger partial charge on any atom is -0.315 e. The van der Waals surface area contributed by atoms with Gasteiger partial charge in [0.25, 0.3) is 0 Å². The van der Waals surface area contributed by atoms with Crippen molar-refractivity contribution in [3.63, 3.8) is 0 Å². The van der Waals surface area contributed by atoms with Gasteiger partial charge in [0.1, 0.15) is 5.82 Å². The van der Waals surface area contributed by atoms with Crippen molar-refractivity contribution in [2.45, 2.75) is 66.3 Å². The second-order valence-corrected chi connectivity index (χ2v) is 5.60. The molecule has 0 unspecified atom stereocenters. The van der Waals surface area contributed by atoms with Gasteiger partial charge in [-0.15, -0.1) is 0 Å². The lowest BCUT2D eigenvalue weighted by Crippen LogP contribution is -2.24. The summed E-state index contributed by atoms with van der Waals surface area (Å²) < 4.78 is 0. The van der Waals surface area contributed by atoms with E-state index in [0.717, 1.165) is 36.6 Å². The molecule has 1 heterocycles. The number of aryl methyl sites for hydroxylation is 2. The van der Waals surface area contributed by atoms with Gasteiger partial charge in [-0.1, -0.05) is 27.7 Å². The first-order valence-corrected chi connectivity index (χ1v) is 6.99. The van der Waals surface area contributed by atoms with E-state index in [1.165, 1.54) is 5.56 Å². The fourth-order valence-corrected chi connectivity index (χ4v) is 2.04. The quantitative estimate of drug-likeness (QED) is 0.787. The van der Waals surface area contributed by atoms with Crippen LogP contribution in [0.25, 0.3) is 0 Å². The molecule has 0 saturated carbocycles. The summed E-state index contributed by atoms with van der Waals surface area (Å²) in [5, 5.41) is 3.44. The number of nitrogens with one attached hydrogen (secondary N) is 1. The van der Waals surface area contributed by atoms with E-state index in [0.29, 0.717) is 12.0 Å². The van der Waals surface area contributed by atoms with Crippen molar-refractivity contribution < 1.29 is 0 Å². The van der Waals surface area contributed by atoms with Crippen molar-refractivity contribution in [2.75, 3.05) is 6.54 Å². The van der Waals surface area contributed by atoms with Gasteiger partial charge in [-0.3, -0.25) is 0 Å². The van der Waals surface area contributed by atoms with E-state index >= 15 is 0 Å². The Morgan fingerprint density at radius 3 is 2.00 bits per heavy atom. The van der Waals surface area contributed by atoms with E-state index in [9.17, 15) is 0 Å². The second kappa shape index (κ2) is 6.83. The Morgan fingerprint density at radius 2 is 1.56 bits per heavy atom. The van der Waals surface area contributed by atoms with Crippen molar-refractivity contribution in [1.29, 1.82) is 0 Å². The molecule has 0 amide bonds. The Hall–Kier alpha value is -0.960. The van der Waals surface area contributed by atoms with E-state index in [2.05, 4.69) is 56.8 Å². The summed E-state index contributed by atoms with van der Waals surface area (Å²) in [7, 11) is 0. The SMILES string of the molecule is Cc1nc(C(C)C)nc(C)c1CCCNC(C)C. The van der Waals surface area contributed by atoms with Crippen LogP contribution in [0, 0.1) is 13.8 Å². The molecule has 0 saturated heterocycles. The molecule has 0 fully saturated rings. The van der Waals surface area contributed by atoms with E-state index < -0.39 is 0 Å². The Kier molecular flexibility index (Phi) is 5.73. The topological polar surface area (TPSA) is 37.8 Å². The first kappa shape index (κ1) is 15.1. The van der Waals surface area contributed by atoms with E-state index in [4.69, 9.17) is 0 Å². The molecule has 0 aliphatic heterocycles. The summed E-state index contributed by atoms with van der Waals surface area (Å²) in [5.74, 6) is 1.37. The number of hydrogen-bond donors (Lipinski definition) is 1. The third kappa shape index (κ3) is 4.37. The van der Waals surface area contributed by atoms with Crippen LogP contribution in [0.2, 0.25) is 0 Å². The van der Waals surface area contributed by atoms with Crippen molar-refractivity contribution in [3.05, 3.63) is 22.8 Å².